The summed E-state index contributed by atoms with van der Waals surface area (Å²) in [5, 5.41) is 10.6. The second kappa shape index (κ2) is 9.82. The first-order valence-electron chi connectivity index (χ1n) is 9.98. The molecular formula is C21H22N4O5S2. The van der Waals surface area contributed by atoms with Gasteiger partial charge in [0.15, 0.2) is 0 Å². The van der Waals surface area contributed by atoms with Gasteiger partial charge in [-0.2, -0.15) is 4.31 Å². The standard InChI is InChI=1S/C21H22N4O5S2/c1-15(31-21-24-23-20(30-21)16-5-3-2-4-6-16)19(26)22-17-7-9-18(10-8-17)32(27,28)25-11-13-29-14-12-25/h2-10,15H,11-14H2,1H3,(H,22,26)/t15-/m0/s1. The highest BCUT2D eigenvalue weighted by Crippen LogP contribution is 2.27. The van der Waals surface area contributed by atoms with Crippen molar-refractivity contribution in [3.8, 4) is 11.5 Å². The maximum absolute atomic E-state index is 12.7. The third-order valence-corrected chi connectivity index (χ3v) is 7.65. The van der Waals surface area contributed by atoms with E-state index in [1.807, 2.05) is 30.3 Å². The molecule has 1 fully saturated rings. The minimum Gasteiger partial charge on any atom is -0.411 e. The van der Waals surface area contributed by atoms with Crippen molar-refractivity contribution in [2.24, 2.45) is 0 Å². The number of nitrogens with one attached hydrogen (secondary N) is 1. The van der Waals surface area contributed by atoms with Gasteiger partial charge in [0.1, 0.15) is 0 Å². The summed E-state index contributed by atoms with van der Waals surface area (Å²) < 4.78 is 37.6. The van der Waals surface area contributed by atoms with E-state index in [4.69, 9.17) is 9.15 Å². The molecule has 2 aromatic carbocycles. The van der Waals surface area contributed by atoms with E-state index in [9.17, 15) is 13.2 Å². The van der Waals surface area contributed by atoms with Gasteiger partial charge in [-0.05, 0) is 43.3 Å². The maximum atomic E-state index is 12.7. The molecule has 9 nitrogen and oxygen atoms in total. The Bertz CT molecular complexity index is 1160. The molecule has 1 atom stereocenters. The molecule has 1 aliphatic heterocycles. The van der Waals surface area contributed by atoms with E-state index < -0.39 is 15.3 Å². The van der Waals surface area contributed by atoms with Crippen LogP contribution >= 0.6 is 11.8 Å². The minimum absolute atomic E-state index is 0.180. The van der Waals surface area contributed by atoms with Crippen LogP contribution in [-0.4, -0.2) is 60.4 Å². The molecule has 1 aliphatic rings. The highest BCUT2D eigenvalue weighted by atomic mass is 32.2. The normalized spacial score (nSPS) is 15.9. The molecule has 168 valence electrons. The van der Waals surface area contributed by atoms with Gasteiger partial charge < -0.3 is 14.5 Å². The number of anilines is 1. The van der Waals surface area contributed by atoms with Gasteiger partial charge in [0, 0.05) is 24.3 Å². The molecule has 0 unspecified atom stereocenters. The summed E-state index contributed by atoms with van der Waals surface area (Å²) in [5.41, 5.74) is 1.30. The zero-order valence-corrected chi connectivity index (χ0v) is 18.9. The average molecular weight is 475 g/mol. The lowest BCUT2D eigenvalue weighted by Crippen LogP contribution is -2.40. The second-order valence-electron chi connectivity index (χ2n) is 7.03. The van der Waals surface area contributed by atoms with Gasteiger partial charge in [-0.25, -0.2) is 8.42 Å². The van der Waals surface area contributed by atoms with Crippen LogP contribution in [0.2, 0.25) is 0 Å². The van der Waals surface area contributed by atoms with Gasteiger partial charge in [0.25, 0.3) is 5.22 Å². The van der Waals surface area contributed by atoms with E-state index in [0.717, 1.165) is 17.3 Å². The third kappa shape index (κ3) is 5.18. The van der Waals surface area contributed by atoms with Crippen LogP contribution < -0.4 is 5.32 Å². The summed E-state index contributed by atoms with van der Waals surface area (Å²) in [5.74, 6) is 0.121. The molecule has 0 spiro atoms. The Morgan fingerprint density at radius 1 is 1.06 bits per heavy atom. The van der Waals surface area contributed by atoms with Crippen molar-refractivity contribution >= 4 is 33.4 Å². The highest BCUT2D eigenvalue weighted by molar-refractivity contribution is 8.00. The number of benzene rings is 2. The first-order valence-corrected chi connectivity index (χ1v) is 12.3. The smallest absolute Gasteiger partial charge is 0.277 e. The summed E-state index contributed by atoms with van der Waals surface area (Å²) in [4.78, 5) is 12.7. The second-order valence-corrected chi connectivity index (χ2v) is 10.3. The molecule has 4 rings (SSSR count). The number of hydrogen-bond acceptors (Lipinski definition) is 8. The Morgan fingerprint density at radius 3 is 2.44 bits per heavy atom. The summed E-state index contributed by atoms with van der Waals surface area (Å²) in [6, 6.07) is 15.5. The van der Waals surface area contributed by atoms with Crippen LogP contribution in [0.1, 0.15) is 6.92 Å². The van der Waals surface area contributed by atoms with Crippen molar-refractivity contribution in [3.63, 3.8) is 0 Å². The van der Waals surface area contributed by atoms with E-state index in [-0.39, 0.29) is 10.8 Å². The summed E-state index contributed by atoms with van der Waals surface area (Å²) >= 11 is 1.15. The van der Waals surface area contributed by atoms with Crippen molar-refractivity contribution in [1.82, 2.24) is 14.5 Å². The fourth-order valence-corrected chi connectivity index (χ4v) is 5.14. The summed E-state index contributed by atoms with van der Waals surface area (Å²) in [7, 11) is -3.58. The quantitative estimate of drug-likeness (QED) is 0.520. The van der Waals surface area contributed by atoms with Crippen molar-refractivity contribution in [1.29, 1.82) is 0 Å². The Hall–Kier alpha value is -2.73. The van der Waals surface area contributed by atoms with E-state index in [1.54, 1.807) is 19.1 Å². The van der Waals surface area contributed by atoms with Crippen LogP contribution in [0.3, 0.4) is 0 Å². The molecule has 1 aromatic heterocycles. The fourth-order valence-electron chi connectivity index (χ4n) is 3.05. The zero-order valence-electron chi connectivity index (χ0n) is 17.3. The van der Waals surface area contributed by atoms with Crippen LogP contribution in [0.25, 0.3) is 11.5 Å². The van der Waals surface area contributed by atoms with Gasteiger partial charge in [0.05, 0.1) is 23.4 Å². The molecule has 1 amide bonds. The van der Waals surface area contributed by atoms with Crippen LogP contribution in [-0.2, 0) is 19.6 Å². The number of hydrogen-bond donors (Lipinski definition) is 1. The summed E-state index contributed by atoms with van der Waals surface area (Å²) in [6.45, 7) is 3.16. The van der Waals surface area contributed by atoms with E-state index in [2.05, 4.69) is 15.5 Å². The Morgan fingerprint density at radius 2 is 1.75 bits per heavy atom. The molecular weight excluding hydrogens is 452 g/mol. The number of aromatic nitrogens is 2. The number of ether oxygens (including phenoxy) is 1. The number of morpholine rings is 1. The number of rotatable bonds is 7. The van der Waals surface area contributed by atoms with Gasteiger partial charge in [-0.1, -0.05) is 30.0 Å². The van der Waals surface area contributed by atoms with Gasteiger partial charge in [-0.3, -0.25) is 4.79 Å². The number of amides is 1. The Kier molecular flexibility index (Phi) is 6.89. The molecule has 0 saturated carbocycles. The number of carbonyl (C=O) groups excluding carboxylic acids is 1. The first-order chi connectivity index (χ1) is 15.4. The lowest BCUT2D eigenvalue weighted by atomic mass is 10.2. The van der Waals surface area contributed by atoms with Crippen molar-refractivity contribution < 1.29 is 22.4 Å². The number of sulfonamides is 1. The molecule has 11 heteroatoms. The summed E-state index contributed by atoms with van der Waals surface area (Å²) in [6.07, 6.45) is 0. The predicted octanol–water partition coefficient (Wildman–Crippen LogP) is 2.88. The molecule has 32 heavy (non-hydrogen) atoms. The maximum Gasteiger partial charge on any atom is 0.277 e. The lowest BCUT2D eigenvalue weighted by molar-refractivity contribution is -0.115. The molecule has 3 aromatic rings. The van der Waals surface area contributed by atoms with Crippen LogP contribution in [0.15, 0.2) is 69.1 Å². The molecule has 0 radical (unpaired) electrons. The van der Waals surface area contributed by atoms with Crippen LogP contribution in [0.4, 0.5) is 5.69 Å². The molecule has 2 heterocycles. The van der Waals surface area contributed by atoms with Gasteiger partial charge in [0.2, 0.25) is 21.8 Å². The van der Waals surface area contributed by atoms with Crippen molar-refractivity contribution in [2.45, 2.75) is 22.3 Å². The van der Waals surface area contributed by atoms with Crippen molar-refractivity contribution in [2.75, 3.05) is 31.6 Å². The van der Waals surface area contributed by atoms with Crippen molar-refractivity contribution in [3.05, 3.63) is 54.6 Å². The Balaban J connectivity index is 1.36. The van der Waals surface area contributed by atoms with Gasteiger partial charge in [-0.15, -0.1) is 10.2 Å². The average Bonchev–Trinajstić information content (AvgIpc) is 3.29. The molecule has 1 N–H and O–H groups in total. The number of carbonyl (C=O) groups is 1. The van der Waals surface area contributed by atoms with Crippen LogP contribution in [0.5, 0.6) is 0 Å². The molecule has 1 saturated heterocycles. The number of nitrogens with zero attached hydrogens (tertiary/aromatic N) is 3. The Labute approximate surface area is 190 Å². The highest BCUT2D eigenvalue weighted by Gasteiger charge is 2.26. The van der Waals surface area contributed by atoms with E-state index in [1.165, 1.54) is 16.4 Å². The lowest BCUT2D eigenvalue weighted by Gasteiger charge is -2.26. The fraction of sp³-hybridized carbons (Fsp3) is 0.286. The van der Waals surface area contributed by atoms with Crippen LogP contribution in [0, 0.1) is 0 Å². The number of thioether (sulfide) groups is 1. The SMILES string of the molecule is C[C@H](Sc1nnc(-c2ccccc2)o1)C(=O)Nc1ccc(S(=O)(=O)N2CCOCC2)cc1. The largest absolute Gasteiger partial charge is 0.411 e. The van der Waals surface area contributed by atoms with E-state index in [0.29, 0.717) is 43.1 Å². The molecule has 0 bridgehead atoms. The monoisotopic (exact) mass is 474 g/mol. The van der Waals surface area contributed by atoms with E-state index >= 15 is 0 Å². The topological polar surface area (TPSA) is 115 Å². The predicted molar refractivity (Wildman–Crippen MR) is 120 cm³/mol. The third-order valence-electron chi connectivity index (χ3n) is 4.80. The minimum atomic E-state index is -3.58. The zero-order chi connectivity index (χ0) is 22.6. The molecule has 0 aliphatic carbocycles. The van der Waals surface area contributed by atoms with Gasteiger partial charge >= 0.3 is 0 Å². The first kappa shape index (κ1) is 22.5.